The largest absolute Gasteiger partial charge is 0.316 e. The highest BCUT2D eigenvalue weighted by atomic mass is 32.2. The number of benzene rings is 1. The minimum atomic E-state index is -3.07. The zero-order chi connectivity index (χ0) is 13.0. The van der Waals surface area contributed by atoms with Gasteiger partial charge in [-0.3, -0.25) is 0 Å². The van der Waals surface area contributed by atoms with Crippen LogP contribution in [0, 0.1) is 5.92 Å². The molecule has 2 rings (SSSR count). The van der Waals surface area contributed by atoms with Crippen LogP contribution in [-0.2, 0) is 9.84 Å². The summed E-state index contributed by atoms with van der Waals surface area (Å²) in [5, 5.41) is 3.41. The summed E-state index contributed by atoms with van der Waals surface area (Å²) in [5.74, 6) is 1.84. The van der Waals surface area contributed by atoms with Crippen molar-refractivity contribution in [2.24, 2.45) is 5.92 Å². The van der Waals surface area contributed by atoms with Crippen LogP contribution >= 0.6 is 11.8 Å². The molecule has 1 saturated heterocycles. The number of hydrogen-bond donors (Lipinski definition) is 1. The highest BCUT2D eigenvalue weighted by Gasteiger charge is 2.13. The van der Waals surface area contributed by atoms with E-state index in [4.69, 9.17) is 0 Å². The van der Waals surface area contributed by atoms with Crippen molar-refractivity contribution in [2.75, 3.05) is 25.1 Å². The molecule has 18 heavy (non-hydrogen) atoms. The highest BCUT2D eigenvalue weighted by molar-refractivity contribution is 7.99. The van der Waals surface area contributed by atoms with Crippen molar-refractivity contribution in [2.45, 2.75) is 22.6 Å². The lowest BCUT2D eigenvalue weighted by Gasteiger charge is -2.22. The average molecular weight is 285 g/mol. The molecule has 3 nitrogen and oxygen atoms in total. The van der Waals surface area contributed by atoms with Crippen molar-refractivity contribution >= 4 is 21.6 Å². The Bertz CT molecular complexity index is 476. The molecule has 1 aromatic rings. The summed E-state index contributed by atoms with van der Waals surface area (Å²) >= 11 is 1.81. The third-order valence-corrected chi connectivity index (χ3v) is 5.51. The van der Waals surface area contributed by atoms with Gasteiger partial charge >= 0.3 is 0 Å². The summed E-state index contributed by atoms with van der Waals surface area (Å²) in [5.41, 5.74) is 0. The smallest absolute Gasteiger partial charge is 0.175 e. The Kier molecular flexibility index (Phi) is 4.70. The number of sulfone groups is 1. The van der Waals surface area contributed by atoms with Crippen LogP contribution in [-0.4, -0.2) is 33.5 Å². The van der Waals surface area contributed by atoms with Gasteiger partial charge in [-0.2, -0.15) is 0 Å². The van der Waals surface area contributed by atoms with E-state index in [0.717, 1.165) is 29.7 Å². The number of nitrogens with one attached hydrogen (secondary N) is 1. The molecule has 100 valence electrons. The van der Waals surface area contributed by atoms with Crippen LogP contribution in [0.15, 0.2) is 34.1 Å². The summed E-state index contributed by atoms with van der Waals surface area (Å²) in [6.45, 7) is 2.25. The molecule has 1 atom stereocenters. The van der Waals surface area contributed by atoms with Gasteiger partial charge in [0, 0.05) is 16.9 Å². The molecule has 1 aliphatic rings. The normalized spacial score (nSPS) is 20.8. The molecule has 0 radical (unpaired) electrons. The molecule has 0 bridgehead atoms. The van der Waals surface area contributed by atoms with Crippen LogP contribution in [0.3, 0.4) is 0 Å². The number of hydrogen-bond acceptors (Lipinski definition) is 4. The van der Waals surface area contributed by atoms with Crippen LogP contribution in [0.2, 0.25) is 0 Å². The molecule has 1 heterocycles. The Morgan fingerprint density at radius 1 is 1.33 bits per heavy atom. The summed E-state index contributed by atoms with van der Waals surface area (Å²) in [6.07, 6.45) is 3.79. The Morgan fingerprint density at radius 2 is 2.06 bits per heavy atom. The van der Waals surface area contributed by atoms with Gasteiger partial charge < -0.3 is 5.32 Å². The summed E-state index contributed by atoms with van der Waals surface area (Å²) in [6, 6.07) is 7.18. The van der Waals surface area contributed by atoms with E-state index in [1.54, 1.807) is 12.1 Å². The zero-order valence-electron chi connectivity index (χ0n) is 10.6. The molecule has 0 aliphatic carbocycles. The molecular weight excluding hydrogens is 266 g/mol. The first kappa shape index (κ1) is 13.9. The lowest BCUT2D eigenvalue weighted by Crippen LogP contribution is -2.30. The standard InChI is InChI=1S/C13H19NO2S2/c1-18(15,16)13-6-4-12(5-7-13)17-10-11-3-2-8-14-9-11/h4-7,11,14H,2-3,8-10H2,1H3. The molecule has 0 spiro atoms. The van der Waals surface area contributed by atoms with Gasteiger partial charge in [0.25, 0.3) is 0 Å². The predicted octanol–water partition coefficient (Wildman–Crippen LogP) is 2.18. The molecule has 1 fully saturated rings. The number of piperidine rings is 1. The molecule has 0 amide bonds. The van der Waals surface area contributed by atoms with Crippen molar-refractivity contribution in [3.8, 4) is 0 Å². The first-order valence-corrected chi connectivity index (χ1v) is 9.07. The molecule has 1 aliphatic heterocycles. The Hall–Kier alpha value is -0.520. The van der Waals surface area contributed by atoms with Crippen molar-refractivity contribution in [1.29, 1.82) is 0 Å². The average Bonchev–Trinajstić information content (AvgIpc) is 2.37. The monoisotopic (exact) mass is 285 g/mol. The van der Waals surface area contributed by atoms with E-state index in [2.05, 4.69) is 5.32 Å². The van der Waals surface area contributed by atoms with Crippen LogP contribution in [0.4, 0.5) is 0 Å². The summed E-state index contributed by atoms with van der Waals surface area (Å²) in [7, 11) is -3.07. The highest BCUT2D eigenvalue weighted by Crippen LogP contribution is 2.24. The molecule has 1 unspecified atom stereocenters. The SMILES string of the molecule is CS(=O)(=O)c1ccc(SCC2CCCNC2)cc1. The maximum Gasteiger partial charge on any atom is 0.175 e. The van der Waals surface area contributed by atoms with Gasteiger partial charge in [-0.15, -0.1) is 11.8 Å². The number of thioether (sulfide) groups is 1. The van der Waals surface area contributed by atoms with Gasteiger partial charge in [0.2, 0.25) is 0 Å². The maximum atomic E-state index is 11.3. The number of rotatable bonds is 4. The minimum absolute atomic E-state index is 0.395. The van der Waals surface area contributed by atoms with Crippen LogP contribution in [0.5, 0.6) is 0 Å². The molecule has 0 aromatic heterocycles. The van der Waals surface area contributed by atoms with Crippen molar-refractivity contribution in [3.05, 3.63) is 24.3 Å². The van der Waals surface area contributed by atoms with E-state index in [0.29, 0.717) is 4.90 Å². The Morgan fingerprint density at radius 3 is 2.61 bits per heavy atom. The van der Waals surface area contributed by atoms with Crippen LogP contribution in [0.1, 0.15) is 12.8 Å². The molecule has 5 heteroatoms. The van der Waals surface area contributed by atoms with E-state index in [1.165, 1.54) is 19.1 Å². The molecular formula is C13H19NO2S2. The molecule has 1 N–H and O–H groups in total. The first-order valence-electron chi connectivity index (χ1n) is 6.19. The zero-order valence-corrected chi connectivity index (χ0v) is 12.2. The second-order valence-corrected chi connectivity index (χ2v) is 7.88. The van der Waals surface area contributed by atoms with Gasteiger partial charge in [0.1, 0.15) is 0 Å². The third-order valence-electron chi connectivity index (χ3n) is 3.14. The summed E-state index contributed by atoms with van der Waals surface area (Å²) < 4.78 is 22.7. The maximum absolute atomic E-state index is 11.3. The van der Waals surface area contributed by atoms with Crippen molar-refractivity contribution < 1.29 is 8.42 Å². The van der Waals surface area contributed by atoms with E-state index in [1.807, 2.05) is 23.9 Å². The van der Waals surface area contributed by atoms with E-state index in [9.17, 15) is 8.42 Å². The van der Waals surface area contributed by atoms with Crippen molar-refractivity contribution in [3.63, 3.8) is 0 Å². The summed E-state index contributed by atoms with van der Waals surface area (Å²) in [4.78, 5) is 1.54. The Balaban J connectivity index is 1.90. The van der Waals surface area contributed by atoms with Gasteiger partial charge in [0.05, 0.1) is 4.90 Å². The fourth-order valence-electron chi connectivity index (χ4n) is 2.06. The van der Waals surface area contributed by atoms with Gasteiger partial charge in [-0.1, -0.05) is 0 Å². The first-order chi connectivity index (χ1) is 8.55. The molecule has 1 aromatic carbocycles. The lowest BCUT2D eigenvalue weighted by atomic mass is 10.0. The quantitative estimate of drug-likeness (QED) is 0.861. The minimum Gasteiger partial charge on any atom is -0.316 e. The Labute approximate surface area is 113 Å². The van der Waals surface area contributed by atoms with Gasteiger partial charge in [-0.05, 0) is 56.1 Å². The van der Waals surface area contributed by atoms with Gasteiger partial charge in [-0.25, -0.2) is 8.42 Å². The van der Waals surface area contributed by atoms with E-state index < -0.39 is 9.84 Å². The van der Waals surface area contributed by atoms with Crippen molar-refractivity contribution in [1.82, 2.24) is 5.32 Å². The van der Waals surface area contributed by atoms with Gasteiger partial charge in [0.15, 0.2) is 9.84 Å². The topological polar surface area (TPSA) is 46.2 Å². The lowest BCUT2D eigenvalue weighted by molar-refractivity contribution is 0.410. The third kappa shape index (κ3) is 4.00. The fourth-order valence-corrected chi connectivity index (χ4v) is 3.74. The van der Waals surface area contributed by atoms with Crippen LogP contribution in [0.25, 0.3) is 0 Å². The second kappa shape index (κ2) is 6.08. The second-order valence-electron chi connectivity index (χ2n) is 4.77. The molecule has 0 saturated carbocycles. The van der Waals surface area contributed by atoms with E-state index >= 15 is 0 Å². The fraction of sp³-hybridized carbons (Fsp3) is 0.538. The predicted molar refractivity (Wildman–Crippen MR) is 75.9 cm³/mol. The van der Waals surface area contributed by atoms with E-state index in [-0.39, 0.29) is 0 Å². The van der Waals surface area contributed by atoms with Crippen LogP contribution < -0.4 is 5.32 Å².